The second kappa shape index (κ2) is 4.00. The normalized spacial score (nSPS) is 21.9. The van der Waals surface area contributed by atoms with E-state index in [1.807, 2.05) is 6.92 Å². The van der Waals surface area contributed by atoms with E-state index in [9.17, 15) is 5.26 Å². The number of nitrogens with zero attached hydrogens (tertiary/aromatic N) is 3. The Labute approximate surface area is 111 Å². The van der Waals surface area contributed by atoms with Crippen LogP contribution in [0.2, 0.25) is 0 Å². The predicted octanol–water partition coefficient (Wildman–Crippen LogP) is 0.768. The van der Waals surface area contributed by atoms with Crippen LogP contribution in [0.4, 0.5) is 0 Å². The van der Waals surface area contributed by atoms with Crippen LogP contribution in [0, 0.1) is 18.3 Å². The fourth-order valence-corrected chi connectivity index (χ4v) is 3.22. The van der Waals surface area contributed by atoms with Gasteiger partial charge in [-0.05, 0) is 39.9 Å². The minimum Gasteiger partial charge on any atom is -0.420 e. The number of likely N-dealkylation sites (tertiary alicyclic amines) is 1. The lowest BCUT2D eigenvalue weighted by molar-refractivity contribution is 0.197. The predicted molar refractivity (Wildman–Crippen MR) is 69.2 cm³/mol. The Morgan fingerprint density at radius 1 is 1.47 bits per heavy atom. The number of H-pyrrole nitrogens is 1. The molecule has 1 saturated heterocycles. The van der Waals surface area contributed by atoms with Crippen LogP contribution in [0.5, 0.6) is 5.88 Å². The lowest BCUT2D eigenvalue weighted by atomic mass is 9.67. The van der Waals surface area contributed by atoms with Gasteiger partial charge in [0.15, 0.2) is 0 Å². The van der Waals surface area contributed by atoms with Crippen LogP contribution in [0.3, 0.4) is 0 Å². The van der Waals surface area contributed by atoms with Crippen LogP contribution in [0.15, 0.2) is 11.5 Å². The van der Waals surface area contributed by atoms with E-state index in [0.29, 0.717) is 11.5 Å². The maximum atomic E-state index is 9.49. The van der Waals surface area contributed by atoms with Crippen molar-refractivity contribution in [2.75, 3.05) is 20.1 Å². The van der Waals surface area contributed by atoms with E-state index in [1.165, 1.54) is 0 Å². The molecule has 1 fully saturated rings. The average Bonchev–Trinajstić information content (AvgIpc) is 2.75. The van der Waals surface area contributed by atoms with Gasteiger partial charge in [0, 0.05) is 16.7 Å². The number of piperidine rings is 1. The number of aromatic amines is 1. The zero-order valence-corrected chi connectivity index (χ0v) is 11.2. The third-order valence-corrected chi connectivity index (χ3v) is 4.28. The van der Waals surface area contributed by atoms with Crippen LogP contribution in [-0.2, 0) is 5.41 Å². The molecule has 0 saturated carbocycles. The molecule has 6 nitrogen and oxygen atoms in total. The van der Waals surface area contributed by atoms with Gasteiger partial charge in [-0.3, -0.25) is 5.10 Å². The van der Waals surface area contributed by atoms with Crippen molar-refractivity contribution in [1.29, 1.82) is 5.26 Å². The topological polar surface area (TPSA) is 91.0 Å². The fraction of sp³-hybridized carbons (Fsp3) is 0.538. The van der Waals surface area contributed by atoms with E-state index in [2.05, 4.69) is 28.2 Å². The molecule has 0 aliphatic carbocycles. The third-order valence-electron chi connectivity index (χ3n) is 4.28. The summed E-state index contributed by atoms with van der Waals surface area (Å²) in [4.78, 5) is 2.26. The number of rotatable bonds is 0. The van der Waals surface area contributed by atoms with Crippen molar-refractivity contribution in [2.45, 2.75) is 25.2 Å². The number of hydrogen-bond acceptors (Lipinski definition) is 5. The summed E-state index contributed by atoms with van der Waals surface area (Å²) in [5.74, 6) is 0.726. The molecule has 0 bridgehead atoms. The monoisotopic (exact) mass is 259 g/mol. The molecule has 0 radical (unpaired) electrons. The maximum Gasteiger partial charge on any atom is 0.244 e. The van der Waals surface area contributed by atoms with E-state index in [-0.39, 0.29) is 11.3 Å². The van der Waals surface area contributed by atoms with Crippen molar-refractivity contribution in [3.8, 4) is 11.9 Å². The second-order valence-electron chi connectivity index (χ2n) is 5.37. The number of nitrogens with one attached hydrogen (secondary N) is 1. The summed E-state index contributed by atoms with van der Waals surface area (Å²) in [6.45, 7) is 3.83. The minimum absolute atomic E-state index is 0.200. The second-order valence-corrected chi connectivity index (χ2v) is 5.37. The number of aromatic nitrogens is 2. The summed E-state index contributed by atoms with van der Waals surface area (Å²) < 4.78 is 5.49. The molecule has 1 spiro atoms. The van der Waals surface area contributed by atoms with Gasteiger partial charge >= 0.3 is 0 Å². The minimum atomic E-state index is -0.337. The van der Waals surface area contributed by atoms with Crippen LogP contribution in [0.1, 0.15) is 24.1 Å². The zero-order chi connectivity index (χ0) is 13.6. The highest BCUT2D eigenvalue weighted by atomic mass is 16.5. The summed E-state index contributed by atoms with van der Waals surface area (Å²) in [5, 5.41) is 16.6. The van der Waals surface area contributed by atoms with Crippen molar-refractivity contribution in [3.63, 3.8) is 0 Å². The number of nitriles is 1. The highest BCUT2D eigenvalue weighted by Gasteiger charge is 2.48. The Morgan fingerprint density at radius 3 is 2.79 bits per heavy atom. The Bertz CT molecular complexity index is 587. The summed E-state index contributed by atoms with van der Waals surface area (Å²) in [7, 11) is 2.09. The molecule has 2 aliphatic heterocycles. The van der Waals surface area contributed by atoms with Gasteiger partial charge in [-0.15, -0.1) is 5.10 Å². The van der Waals surface area contributed by atoms with Gasteiger partial charge in [-0.2, -0.15) is 5.26 Å². The molecule has 3 N–H and O–H groups in total. The van der Waals surface area contributed by atoms with Gasteiger partial charge in [0.05, 0.1) is 0 Å². The molecular formula is C13H17N5O. The maximum absolute atomic E-state index is 9.49. The van der Waals surface area contributed by atoms with E-state index >= 15 is 0 Å². The molecule has 6 heteroatoms. The van der Waals surface area contributed by atoms with E-state index in [1.54, 1.807) is 0 Å². The van der Waals surface area contributed by atoms with Crippen molar-refractivity contribution >= 4 is 0 Å². The van der Waals surface area contributed by atoms with E-state index in [0.717, 1.165) is 37.2 Å². The Morgan fingerprint density at radius 2 is 2.16 bits per heavy atom. The van der Waals surface area contributed by atoms with Crippen LogP contribution in [-0.4, -0.2) is 35.2 Å². The van der Waals surface area contributed by atoms with Gasteiger partial charge in [0.2, 0.25) is 11.8 Å². The summed E-state index contributed by atoms with van der Waals surface area (Å²) in [6, 6.07) is 2.26. The largest absolute Gasteiger partial charge is 0.420 e. The Balaban J connectivity index is 2.18. The molecule has 1 aromatic heterocycles. The Kier molecular flexibility index (Phi) is 2.54. The highest BCUT2D eigenvalue weighted by molar-refractivity contribution is 5.54. The number of hydrogen-bond donors (Lipinski definition) is 2. The molecule has 0 atom stereocenters. The quantitative estimate of drug-likeness (QED) is 0.718. The van der Waals surface area contributed by atoms with Crippen LogP contribution in [0.25, 0.3) is 0 Å². The van der Waals surface area contributed by atoms with Crippen molar-refractivity contribution in [1.82, 2.24) is 15.1 Å². The molecule has 0 unspecified atom stereocenters. The lowest BCUT2D eigenvalue weighted by Crippen LogP contribution is -2.45. The number of nitrogens with two attached hydrogens (primary N) is 1. The molecule has 1 aromatic rings. The first-order valence-electron chi connectivity index (χ1n) is 6.40. The van der Waals surface area contributed by atoms with Crippen molar-refractivity contribution in [3.05, 3.63) is 22.7 Å². The standard InChI is InChI=1S/C13H17N5O/c1-8-10-12(17-16-8)19-11(15)9(7-14)13(10)3-5-18(2)6-4-13/h3-6,15H2,1-2H3,(H,16,17). The molecule has 3 heterocycles. The van der Waals surface area contributed by atoms with Gasteiger partial charge < -0.3 is 15.4 Å². The number of ether oxygens (including phenoxy) is 1. The molecule has 3 rings (SSSR count). The van der Waals surface area contributed by atoms with Crippen LogP contribution >= 0.6 is 0 Å². The van der Waals surface area contributed by atoms with Crippen molar-refractivity contribution in [2.24, 2.45) is 5.73 Å². The van der Waals surface area contributed by atoms with Crippen molar-refractivity contribution < 1.29 is 4.74 Å². The molecule has 2 aliphatic rings. The SMILES string of the molecule is Cc1[nH]nc2c1C1(CCN(C)CC1)C(C#N)=C(N)O2. The average molecular weight is 259 g/mol. The first-order valence-corrected chi connectivity index (χ1v) is 6.40. The number of aryl methyl sites for hydroxylation is 1. The van der Waals surface area contributed by atoms with Gasteiger partial charge in [-0.1, -0.05) is 0 Å². The number of allylic oxidation sites excluding steroid dienone is 1. The molecule has 0 aromatic carbocycles. The Hall–Kier alpha value is -2.00. The first-order chi connectivity index (χ1) is 9.08. The summed E-state index contributed by atoms with van der Waals surface area (Å²) >= 11 is 0. The molecule has 0 amide bonds. The summed E-state index contributed by atoms with van der Waals surface area (Å²) in [6.07, 6.45) is 1.73. The van der Waals surface area contributed by atoms with E-state index in [4.69, 9.17) is 10.5 Å². The van der Waals surface area contributed by atoms with Crippen LogP contribution < -0.4 is 10.5 Å². The van der Waals surface area contributed by atoms with Gasteiger partial charge in [-0.25, -0.2) is 0 Å². The number of fused-ring (bicyclic) bond motifs is 2. The highest BCUT2D eigenvalue weighted by Crippen LogP contribution is 2.49. The molecule has 100 valence electrons. The van der Waals surface area contributed by atoms with Gasteiger partial charge in [0.25, 0.3) is 0 Å². The third kappa shape index (κ3) is 1.55. The summed E-state index contributed by atoms with van der Waals surface area (Å²) in [5.41, 5.74) is 8.10. The van der Waals surface area contributed by atoms with Gasteiger partial charge in [0.1, 0.15) is 11.6 Å². The zero-order valence-electron chi connectivity index (χ0n) is 11.2. The lowest BCUT2D eigenvalue weighted by Gasteiger charge is -2.42. The smallest absolute Gasteiger partial charge is 0.244 e. The van der Waals surface area contributed by atoms with E-state index < -0.39 is 0 Å². The first kappa shape index (κ1) is 12.1. The molecular weight excluding hydrogens is 242 g/mol. The fourth-order valence-electron chi connectivity index (χ4n) is 3.22. The molecule has 19 heavy (non-hydrogen) atoms.